The number of epoxide rings is 1. The lowest BCUT2D eigenvalue weighted by Crippen LogP contribution is -2.36. The fourth-order valence-electron chi connectivity index (χ4n) is 4.83. The van der Waals surface area contributed by atoms with Gasteiger partial charge in [-0.15, -0.1) is 11.3 Å². The van der Waals surface area contributed by atoms with E-state index in [1.807, 2.05) is 30.3 Å². The highest BCUT2D eigenvalue weighted by molar-refractivity contribution is 7.13. The fraction of sp³-hybridized carbons (Fsp3) is 0.500. The zero-order valence-corrected chi connectivity index (χ0v) is 21.5. The van der Waals surface area contributed by atoms with Crippen molar-refractivity contribution in [1.29, 1.82) is 0 Å². The number of thiophene rings is 1. The monoisotopic (exact) mass is 517 g/mol. The quantitative estimate of drug-likeness (QED) is 0.206. The second kappa shape index (κ2) is 11.6. The largest absolute Gasteiger partial charge is 0.465 e. The number of amides is 1. The maximum absolute atomic E-state index is 14.2. The second-order valence-electron chi connectivity index (χ2n) is 9.64. The van der Waals surface area contributed by atoms with Crippen LogP contribution < -0.4 is 0 Å². The molecule has 2 fully saturated rings. The molecule has 0 aliphatic carbocycles. The van der Waals surface area contributed by atoms with Gasteiger partial charge in [0.05, 0.1) is 19.3 Å². The van der Waals surface area contributed by atoms with Crippen molar-refractivity contribution in [3.8, 4) is 0 Å². The third-order valence-electron chi connectivity index (χ3n) is 6.92. The number of rotatable bonds is 12. The van der Waals surface area contributed by atoms with E-state index < -0.39 is 30.3 Å². The van der Waals surface area contributed by atoms with Gasteiger partial charge in [0.2, 0.25) is 0 Å². The van der Waals surface area contributed by atoms with Crippen LogP contribution in [0.15, 0.2) is 54.6 Å². The molecule has 0 saturated carbocycles. The van der Waals surface area contributed by atoms with Gasteiger partial charge in [0, 0.05) is 17.8 Å². The van der Waals surface area contributed by atoms with Crippen LogP contribution >= 0.6 is 11.3 Å². The van der Waals surface area contributed by atoms with E-state index in [1.165, 1.54) is 28.9 Å². The first-order valence-corrected chi connectivity index (χ1v) is 13.3. The number of carbonyl (C=O) groups excluding carboxylic acids is 2. The van der Waals surface area contributed by atoms with E-state index in [2.05, 4.69) is 19.1 Å². The summed E-state index contributed by atoms with van der Waals surface area (Å²) >= 11 is 1.32. The highest BCUT2D eigenvalue weighted by Gasteiger charge is 2.52. The fourth-order valence-corrected chi connectivity index (χ4v) is 5.80. The first kappa shape index (κ1) is 26.5. The summed E-state index contributed by atoms with van der Waals surface area (Å²) in [4.78, 5) is 26.7. The zero-order valence-electron chi connectivity index (χ0n) is 20.7. The summed E-state index contributed by atoms with van der Waals surface area (Å²) in [6, 6.07) is 13.3. The Kier molecular flexibility index (Phi) is 8.57. The Balaban J connectivity index is 1.25. The van der Waals surface area contributed by atoms with Crippen molar-refractivity contribution >= 4 is 23.2 Å². The average Bonchev–Trinajstić information content (AvgIpc) is 3.44. The molecule has 2 aliphatic rings. The number of esters is 1. The van der Waals surface area contributed by atoms with Gasteiger partial charge in [-0.2, -0.15) is 8.78 Å². The Bertz CT molecular complexity index is 1070. The van der Waals surface area contributed by atoms with Crippen LogP contribution in [0.3, 0.4) is 0 Å². The predicted octanol–water partition coefficient (Wildman–Crippen LogP) is 5.69. The average molecular weight is 518 g/mol. The van der Waals surface area contributed by atoms with E-state index in [1.54, 1.807) is 12.1 Å². The molecule has 5 nitrogen and oxygen atoms in total. The van der Waals surface area contributed by atoms with Crippen LogP contribution in [0, 0.1) is 5.92 Å². The number of carbonyl (C=O) groups is 2. The van der Waals surface area contributed by atoms with Gasteiger partial charge in [0.25, 0.3) is 5.91 Å². The number of methoxy groups -OCH3 is 1. The molecule has 2 aromatic rings. The number of aryl methyl sites for hydroxylation is 2. The summed E-state index contributed by atoms with van der Waals surface area (Å²) in [5, 5.41) is 0. The van der Waals surface area contributed by atoms with E-state index >= 15 is 0 Å². The van der Waals surface area contributed by atoms with Crippen LogP contribution in [0.5, 0.6) is 0 Å². The lowest BCUT2D eigenvalue weighted by Gasteiger charge is -2.21. The van der Waals surface area contributed by atoms with E-state index in [0.29, 0.717) is 23.6 Å². The number of alkyl halides is 2. The van der Waals surface area contributed by atoms with Gasteiger partial charge < -0.3 is 14.4 Å². The number of halogens is 2. The molecule has 0 bridgehead atoms. The van der Waals surface area contributed by atoms with Crippen LogP contribution in [0.25, 0.3) is 0 Å². The topological polar surface area (TPSA) is 59.1 Å². The normalized spacial score (nSPS) is 23.8. The first-order chi connectivity index (χ1) is 17.3. The minimum atomic E-state index is -3.34. The highest BCUT2D eigenvalue weighted by Crippen LogP contribution is 2.37. The molecule has 4 rings (SSSR count). The van der Waals surface area contributed by atoms with Crippen LogP contribution in [-0.2, 0) is 27.1 Å². The molecular weight excluding hydrogens is 484 g/mol. The Morgan fingerprint density at radius 3 is 2.72 bits per heavy atom. The summed E-state index contributed by atoms with van der Waals surface area (Å²) in [5.74, 6) is -4.46. The maximum Gasteiger partial charge on any atom is 0.348 e. The van der Waals surface area contributed by atoms with Crippen molar-refractivity contribution in [3.05, 3.63) is 69.9 Å². The molecule has 194 valence electrons. The number of hydrogen-bond donors (Lipinski definition) is 0. The number of nitrogens with zero attached hydrogens (tertiary/aromatic N) is 1. The van der Waals surface area contributed by atoms with Gasteiger partial charge in [0.1, 0.15) is 11.0 Å². The molecule has 1 aromatic carbocycles. The molecule has 2 aliphatic heterocycles. The Morgan fingerprint density at radius 1 is 1.19 bits per heavy atom. The van der Waals surface area contributed by atoms with Gasteiger partial charge >= 0.3 is 11.9 Å². The minimum Gasteiger partial charge on any atom is -0.465 e. The van der Waals surface area contributed by atoms with E-state index in [0.717, 1.165) is 24.1 Å². The van der Waals surface area contributed by atoms with Gasteiger partial charge in [-0.05, 0) is 55.7 Å². The predicted molar refractivity (Wildman–Crippen MR) is 135 cm³/mol. The van der Waals surface area contributed by atoms with Crippen LogP contribution in [0.1, 0.15) is 52.7 Å². The van der Waals surface area contributed by atoms with Crippen LogP contribution in [-0.4, -0.2) is 54.6 Å². The Labute approximate surface area is 215 Å². The summed E-state index contributed by atoms with van der Waals surface area (Å²) in [6.45, 7) is 2.40. The molecule has 0 spiro atoms. The zero-order chi connectivity index (χ0) is 25.7. The number of benzene rings is 1. The standard InChI is InChI=1S/C28H33F2NO4S/c1-19(8-6-11-20-9-4-3-5-10-20)25-23(35-25)15-13-21-18-28(29,30)27(33)31(21)17-7-12-22-14-16-24(36-22)26(32)34-2/h3-5,9-10,13-16,19,21,23,25H,6-8,11-12,17-18H2,1-2H3. The lowest BCUT2D eigenvalue weighted by molar-refractivity contribution is -0.148. The third kappa shape index (κ3) is 6.59. The summed E-state index contributed by atoms with van der Waals surface area (Å²) < 4.78 is 39.0. The molecule has 4 atom stereocenters. The van der Waals surface area contributed by atoms with Crippen molar-refractivity contribution in [3.63, 3.8) is 0 Å². The van der Waals surface area contributed by atoms with Crippen LogP contribution in [0.2, 0.25) is 0 Å². The van der Waals surface area contributed by atoms with Crippen molar-refractivity contribution in [2.75, 3.05) is 13.7 Å². The van der Waals surface area contributed by atoms with E-state index in [9.17, 15) is 18.4 Å². The van der Waals surface area contributed by atoms with Crippen molar-refractivity contribution in [1.82, 2.24) is 4.90 Å². The number of likely N-dealkylation sites (tertiary alicyclic amines) is 1. The number of ether oxygens (including phenoxy) is 2. The first-order valence-electron chi connectivity index (χ1n) is 12.5. The SMILES string of the molecule is COC(=O)c1ccc(CCCN2C(=O)C(F)(F)CC2C=CC2OC2C(C)CCCc2ccccc2)s1. The molecule has 0 radical (unpaired) electrons. The van der Waals surface area contributed by atoms with Crippen molar-refractivity contribution in [2.24, 2.45) is 5.92 Å². The number of hydrogen-bond acceptors (Lipinski definition) is 5. The van der Waals surface area contributed by atoms with E-state index in [4.69, 9.17) is 9.47 Å². The Morgan fingerprint density at radius 2 is 1.97 bits per heavy atom. The molecule has 0 N–H and O–H groups in total. The second-order valence-corrected chi connectivity index (χ2v) is 10.8. The van der Waals surface area contributed by atoms with Gasteiger partial charge in [0.15, 0.2) is 0 Å². The summed E-state index contributed by atoms with van der Waals surface area (Å²) in [7, 11) is 1.33. The molecule has 1 aromatic heterocycles. The summed E-state index contributed by atoms with van der Waals surface area (Å²) in [5.41, 5.74) is 1.33. The van der Waals surface area contributed by atoms with Gasteiger partial charge in [-0.3, -0.25) is 4.79 Å². The smallest absolute Gasteiger partial charge is 0.348 e. The summed E-state index contributed by atoms with van der Waals surface area (Å²) in [6.07, 6.45) is 7.38. The van der Waals surface area contributed by atoms with E-state index in [-0.39, 0.29) is 18.8 Å². The molecule has 36 heavy (non-hydrogen) atoms. The van der Waals surface area contributed by atoms with Crippen molar-refractivity contribution < 1.29 is 27.8 Å². The third-order valence-corrected chi connectivity index (χ3v) is 8.05. The highest BCUT2D eigenvalue weighted by atomic mass is 32.1. The molecule has 3 heterocycles. The Hall–Kier alpha value is -2.58. The molecule has 1 amide bonds. The van der Waals surface area contributed by atoms with Gasteiger partial charge in [-0.25, -0.2) is 4.79 Å². The minimum absolute atomic E-state index is 0.0780. The molecular formula is C28H33F2NO4S. The molecule has 4 unspecified atom stereocenters. The van der Waals surface area contributed by atoms with Crippen molar-refractivity contribution in [2.45, 2.75) is 69.6 Å². The molecule has 8 heteroatoms. The lowest BCUT2D eigenvalue weighted by atomic mass is 9.96. The van der Waals surface area contributed by atoms with Gasteiger partial charge in [-0.1, -0.05) is 49.4 Å². The molecule has 2 saturated heterocycles. The maximum atomic E-state index is 14.2. The van der Waals surface area contributed by atoms with Crippen LogP contribution in [0.4, 0.5) is 8.78 Å².